The van der Waals surface area contributed by atoms with Crippen LogP contribution >= 0.6 is 15.9 Å². The molecule has 0 rings (SSSR count). The van der Waals surface area contributed by atoms with Crippen molar-refractivity contribution in [3.8, 4) is 0 Å². The van der Waals surface area contributed by atoms with Crippen LogP contribution in [0.1, 0.15) is 0 Å². The summed E-state index contributed by atoms with van der Waals surface area (Å²) < 4.78 is 0. The van der Waals surface area contributed by atoms with E-state index < -0.39 is 0 Å². The SMILES string of the molecule is O=[N+]([O-])C[CH]CBr. The molecule has 0 N–H and O–H groups in total. The molecular weight excluding hydrogens is 162 g/mol. The first-order valence-corrected chi connectivity index (χ1v) is 2.89. The molecule has 0 heterocycles. The topological polar surface area (TPSA) is 43.1 Å². The van der Waals surface area contributed by atoms with Crippen molar-refractivity contribution in [2.45, 2.75) is 0 Å². The first-order valence-electron chi connectivity index (χ1n) is 1.77. The van der Waals surface area contributed by atoms with Crippen LogP contribution in [0.2, 0.25) is 0 Å². The van der Waals surface area contributed by atoms with Gasteiger partial charge < -0.3 is 0 Å². The summed E-state index contributed by atoms with van der Waals surface area (Å²) in [5, 5.41) is 10.1. The van der Waals surface area contributed by atoms with Crippen molar-refractivity contribution in [1.29, 1.82) is 0 Å². The Hall–Kier alpha value is -0.120. The summed E-state index contributed by atoms with van der Waals surface area (Å²) in [5.41, 5.74) is 0. The summed E-state index contributed by atoms with van der Waals surface area (Å²) in [5.74, 6) is 0. The highest BCUT2D eigenvalue weighted by Gasteiger charge is 1.91. The minimum Gasteiger partial charge on any atom is -0.265 e. The molecule has 4 heteroatoms. The summed E-state index contributed by atoms with van der Waals surface area (Å²) in [6, 6.07) is 0. The normalized spacial score (nSPS) is 8.71. The fraction of sp³-hybridized carbons (Fsp3) is 0.667. The molecule has 3 nitrogen and oxygen atoms in total. The first-order chi connectivity index (χ1) is 3.27. The minimum absolute atomic E-state index is 0.0503. The van der Waals surface area contributed by atoms with Crippen LogP contribution in [0.5, 0.6) is 0 Å². The van der Waals surface area contributed by atoms with Crippen molar-refractivity contribution < 1.29 is 4.92 Å². The van der Waals surface area contributed by atoms with Gasteiger partial charge in [0.2, 0.25) is 6.54 Å². The van der Waals surface area contributed by atoms with E-state index in [1.165, 1.54) is 0 Å². The molecule has 0 fully saturated rings. The van der Waals surface area contributed by atoms with Crippen molar-refractivity contribution in [3.05, 3.63) is 16.5 Å². The quantitative estimate of drug-likeness (QED) is 0.355. The zero-order valence-corrected chi connectivity index (χ0v) is 5.22. The highest BCUT2D eigenvalue weighted by molar-refractivity contribution is 9.09. The molecule has 41 valence electrons. The van der Waals surface area contributed by atoms with E-state index in [2.05, 4.69) is 15.9 Å². The Morgan fingerprint density at radius 2 is 2.43 bits per heavy atom. The average Bonchev–Trinajstić information content (AvgIpc) is 1.61. The van der Waals surface area contributed by atoms with E-state index >= 15 is 0 Å². The predicted octanol–water partition coefficient (Wildman–Crippen LogP) is 0.862. The van der Waals surface area contributed by atoms with Crippen molar-refractivity contribution in [2.24, 2.45) is 0 Å². The molecule has 7 heavy (non-hydrogen) atoms. The van der Waals surface area contributed by atoms with Crippen molar-refractivity contribution in [2.75, 3.05) is 11.9 Å². The predicted molar refractivity (Wildman–Crippen MR) is 30.0 cm³/mol. The van der Waals surface area contributed by atoms with Crippen LogP contribution in [0.3, 0.4) is 0 Å². The van der Waals surface area contributed by atoms with Gasteiger partial charge in [-0.15, -0.1) is 0 Å². The lowest BCUT2D eigenvalue weighted by Crippen LogP contribution is -2.00. The number of alkyl halides is 1. The maximum absolute atomic E-state index is 9.51. The van der Waals surface area contributed by atoms with Gasteiger partial charge in [0.25, 0.3) is 0 Å². The molecule has 0 bridgehead atoms. The van der Waals surface area contributed by atoms with Crippen LogP contribution in [0.15, 0.2) is 0 Å². The molecule has 0 aromatic carbocycles. The molecule has 0 aliphatic heterocycles. The maximum atomic E-state index is 9.51. The lowest BCUT2D eigenvalue weighted by molar-refractivity contribution is -0.471. The van der Waals surface area contributed by atoms with Gasteiger partial charge in [-0.3, -0.25) is 10.1 Å². The van der Waals surface area contributed by atoms with E-state index in [-0.39, 0.29) is 11.5 Å². The molecule has 1 radical (unpaired) electrons. The second kappa shape index (κ2) is 4.05. The van der Waals surface area contributed by atoms with Crippen molar-refractivity contribution in [1.82, 2.24) is 0 Å². The molecule has 0 saturated carbocycles. The zero-order chi connectivity index (χ0) is 5.70. The van der Waals surface area contributed by atoms with E-state index in [4.69, 9.17) is 0 Å². The van der Waals surface area contributed by atoms with Gasteiger partial charge in [-0.05, 0) is 0 Å². The Balaban J connectivity index is 2.82. The number of halogens is 1. The third kappa shape index (κ3) is 5.88. The van der Waals surface area contributed by atoms with E-state index in [0.717, 1.165) is 0 Å². The third-order valence-electron chi connectivity index (χ3n) is 0.387. The summed E-state index contributed by atoms with van der Waals surface area (Å²) in [6.07, 6.45) is 1.54. The van der Waals surface area contributed by atoms with E-state index in [1.807, 2.05) is 0 Å². The van der Waals surface area contributed by atoms with Gasteiger partial charge >= 0.3 is 0 Å². The van der Waals surface area contributed by atoms with Gasteiger partial charge in [-0.25, -0.2) is 0 Å². The van der Waals surface area contributed by atoms with Crippen LogP contribution < -0.4 is 0 Å². The largest absolute Gasteiger partial charge is 0.265 e. The Morgan fingerprint density at radius 3 is 2.57 bits per heavy atom. The number of hydrogen-bond acceptors (Lipinski definition) is 2. The molecule has 0 unspecified atom stereocenters. The van der Waals surface area contributed by atoms with Gasteiger partial charge in [0.1, 0.15) is 0 Å². The smallest absolute Gasteiger partial charge is 0.208 e. The number of nitro groups is 1. The Morgan fingerprint density at radius 1 is 1.86 bits per heavy atom. The molecule has 0 spiro atoms. The first kappa shape index (κ1) is 6.88. The molecule has 0 aliphatic rings. The zero-order valence-electron chi connectivity index (χ0n) is 3.63. The fourth-order valence-corrected chi connectivity index (χ4v) is 0.359. The minimum atomic E-state index is -0.374. The number of hydrogen-bond donors (Lipinski definition) is 0. The van der Waals surface area contributed by atoms with E-state index in [0.29, 0.717) is 5.33 Å². The van der Waals surface area contributed by atoms with Crippen LogP contribution in [0.4, 0.5) is 0 Å². The van der Waals surface area contributed by atoms with E-state index in [1.54, 1.807) is 6.42 Å². The van der Waals surface area contributed by atoms with Gasteiger partial charge in [-0.1, -0.05) is 15.9 Å². The molecular formula is C3H5BrNO2. The van der Waals surface area contributed by atoms with Gasteiger partial charge in [0.05, 0.1) is 0 Å². The Bertz CT molecular complexity index is 66.0. The fourth-order valence-electron chi connectivity index (χ4n) is 0.154. The lowest BCUT2D eigenvalue weighted by Gasteiger charge is -1.83. The summed E-state index contributed by atoms with van der Waals surface area (Å²) in [7, 11) is 0. The summed E-state index contributed by atoms with van der Waals surface area (Å²) in [6.45, 7) is -0.0503. The standard InChI is InChI=1S/C3H5BrNO2/c4-2-1-3-5(6)7/h1H,2-3H2. The van der Waals surface area contributed by atoms with Crippen LogP contribution in [-0.2, 0) is 0 Å². The van der Waals surface area contributed by atoms with Crippen LogP contribution in [-0.4, -0.2) is 16.8 Å². The molecule has 0 amide bonds. The van der Waals surface area contributed by atoms with Crippen molar-refractivity contribution in [3.63, 3.8) is 0 Å². The molecule has 0 aromatic rings. The molecule has 0 saturated heterocycles. The second-order valence-corrected chi connectivity index (χ2v) is 1.61. The summed E-state index contributed by atoms with van der Waals surface area (Å²) in [4.78, 5) is 9.14. The molecule has 0 atom stereocenters. The Kier molecular flexibility index (Phi) is 3.98. The highest BCUT2D eigenvalue weighted by Crippen LogP contribution is 1.84. The lowest BCUT2D eigenvalue weighted by atomic mass is 10.5. The monoisotopic (exact) mass is 166 g/mol. The van der Waals surface area contributed by atoms with Crippen LogP contribution in [0, 0.1) is 16.5 Å². The number of rotatable bonds is 3. The Labute approximate surface area is 50.0 Å². The summed E-state index contributed by atoms with van der Waals surface area (Å²) >= 11 is 3.02. The van der Waals surface area contributed by atoms with E-state index in [9.17, 15) is 10.1 Å². The van der Waals surface area contributed by atoms with Crippen LogP contribution in [0.25, 0.3) is 0 Å². The number of nitrogens with zero attached hydrogens (tertiary/aromatic N) is 1. The average molecular weight is 167 g/mol. The third-order valence-corrected chi connectivity index (χ3v) is 0.845. The van der Waals surface area contributed by atoms with Crippen molar-refractivity contribution >= 4 is 15.9 Å². The maximum Gasteiger partial charge on any atom is 0.208 e. The molecule has 0 aliphatic carbocycles. The van der Waals surface area contributed by atoms with Gasteiger partial charge in [0.15, 0.2) is 0 Å². The highest BCUT2D eigenvalue weighted by atomic mass is 79.9. The molecule has 0 aromatic heterocycles. The second-order valence-electron chi connectivity index (χ2n) is 0.958. The van der Waals surface area contributed by atoms with Gasteiger partial charge in [-0.2, -0.15) is 0 Å². The van der Waals surface area contributed by atoms with Gasteiger partial charge in [0, 0.05) is 16.7 Å².